The van der Waals surface area contributed by atoms with Gasteiger partial charge in [0.25, 0.3) is 5.91 Å². The van der Waals surface area contributed by atoms with Gasteiger partial charge in [-0.3, -0.25) is 9.59 Å². The normalized spacial score (nSPS) is 10.5. The van der Waals surface area contributed by atoms with Crippen LogP contribution in [0, 0.1) is 0 Å². The molecule has 2 N–H and O–H groups in total. The second-order valence-corrected chi connectivity index (χ2v) is 6.77. The molecule has 142 valence electrons. The lowest BCUT2D eigenvalue weighted by atomic mass is 10.0. The lowest BCUT2D eigenvalue weighted by molar-refractivity contribution is -0.115. The van der Waals surface area contributed by atoms with Crippen LogP contribution < -0.4 is 10.6 Å². The second kappa shape index (κ2) is 8.40. The molecular weight excluding hydrogens is 360 g/mol. The van der Waals surface area contributed by atoms with E-state index in [2.05, 4.69) is 10.6 Å². The highest BCUT2D eigenvalue weighted by molar-refractivity contribution is 6.13. The van der Waals surface area contributed by atoms with Crippen LogP contribution in [0.3, 0.4) is 0 Å². The lowest BCUT2D eigenvalue weighted by Gasteiger charge is -2.10. The number of benzene rings is 4. The average molecular weight is 380 g/mol. The minimum absolute atomic E-state index is 0.0799. The molecule has 4 aromatic carbocycles. The van der Waals surface area contributed by atoms with Gasteiger partial charge in [-0.1, -0.05) is 66.7 Å². The maximum absolute atomic E-state index is 12.7. The molecular formula is C25H20N2O2. The van der Waals surface area contributed by atoms with Gasteiger partial charge in [0.05, 0.1) is 6.42 Å². The maximum Gasteiger partial charge on any atom is 0.256 e. The molecule has 2 amide bonds. The van der Waals surface area contributed by atoms with Crippen molar-refractivity contribution in [2.75, 3.05) is 10.6 Å². The number of hydrogen-bond acceptors (Lipinski definition) is 2. The molecule has 0 radical (unpaired) electrons. The number of carbonyl (C=O) groups is 2. The third-order valence-corrected chi connectivity index (χ3v) is 4.67. The largest absolute Gasteiger partial charge is 0.326 e. The summed E-state index contributed by atoms with van der Waals surface area (Å²) in [7, 11) is 0. The van der Waals surface area contributed by atoms with Crippen LogP contribution in [0.5, 0.6) is 0 Å². The Morgan fingerprint density at radius 3 is 2.00 bits per heavy atom. The van der Waals surface area contributed by atoms with Crippen LogP contribution in [0.4, 0.5) is 11.4 Å². The van der Waals surface area contributed by atoms with E-state index in [4.69, 9.17) is 0 Å². The quantitative estimate of drug-likeness (QED) is 0.495. The summed E-state index contributed by atoms with van der Waals surface area (Å²) in [6.07, 6.45) is 0.320. The van der Waals surface area contributed by atoms with E-state index in [0.29, 0.717) is 23.4 Å². The van der Waals surface area contributed by atoms with Crippen LogP contribution in [-0.4, -0.2) is 11.8 Å². The van der Waals surface area contributed by atoms with Gasteiger partial charge in [0.1, 0.15) is 0 Å². The summed E-state index contributed by atoms with van der Waals surface area (Å²) in [5, 5.41) is 7.73. The van der Waals surface area contributed by atoms with Gasteiger partial charge in [-0.15, -0.1) is 0 Å². The smallest absolute Gasteiger partial charge is 0.256 e. The van der Waals surface area contributed by atoms with Gasteiger partial charge in [-0.25, -0.2) is 0 Å². The highest BCUT2D eigenvalue weighted by atomic mass is 16.2. The zero-order valence-electron chi connectivity index (χ0n) is 15.8. The molecule has 0 fully saturated rings. The van der Waals surface area contributed by atoms with Crippen LogP contribution in [0.25, 0.3) is 10.8 Å². The fraction of sp³-hybridized carbons (Fsp3) is 0.0400. The molecule has 0 saturated carbocycles. The molecule has 4 rings (SSSR count). The fourth-order valence-corrected chi connectivity index (χ4v) is 3.25. The Bertz CT molecular complexity index is 1150. The number of hydrogen-bond donors (Lipinski definition) is 2. The summed E-state index contributed by atoms with van der Waals surface area (Å²) in [4.78, 5) is 24.9. The predicted molar refractivity (Wildman–Crippen MR) is 117 cm³/mol. The summed E-state index contributed by atoms with van der Waals surface area (Å²) >= 11 is 0. The van der Waals surface area contributed by atoms with E-state index in [1.807, 2.05) is 72.8 Å². The SMILES string of the molecule is O=C(Cc1ccccc1)Nc1ccc(NC(=O)c2cccc3ccccc23)cc1. The average Bonchev–Trinajstić information content (AvgIpc) is 2.75. The molecule has 4 heteroatoms. The first-order valence-electron chi connectivity index (χ1n) is 9.42. The number of amides is 2. The van der Waals surface area contributed by atoms with Crippen molar-refractivity contribution in [3.05, 3.63) is 108 Å². The molecule has 0 aromatic heterocycles. The van der Waals surface area contributed by atoms with Crippen molar-refractivity contribution in [1.82, 2.24) is 0 Å². The molecule has 0 unspecified atom stereocenters. The molecule has 0 heterocycles. The molecule has 0 aliphatic heterocycles. The minimum Gasteiger partial charge on any atom is -0.326 e. The fourth-order valence-electron chi connectivity index (χ4n) is 3.25. The van der Waals surface area contributed by atoms with E-state index in [-0.39, 0.29) is 11.8 Å². The summed E-state index contributed by atoms with van der Waals surface area (Å²) in [5.41, 5.74) is 2.95. The van der Waals surface area contributed by atoms with Crippen molar-refractivity contribution < 1.29 is 9.59 Å². The molecule has 0 aliphatic carbocycles. The Balaban J connectivity index is 1.41. The van der Waals surface area contributed by atoms with E-state index < -0.39 is 0 Å². The summed E-state index contributed by atoms with van der Waals surface area (Å²) in [5.74, 6) is -0.244. The first-order chi connectivity index (χ1) is 14.2. The Hall–Kier alpha value is -3.92. The van der Waals surface area contributed by atoms with Crippen LogP contribution in [0.1, 0.15) is 15.9 Å². The third-order valence-electron chi connectivity index (χ3n) is 4.67. The first kappa shape index (κ1) is 18.4. The van der Waals surface area contributed by atoms with E-state index in [1.165, 1.54) is 0 Å². The van der Waals surface area contributed by atoms with Gasteiger partial charge in [0.15, 0.2) is 0 Å². The van der Waals surface area contributed by atoms with Gasteiger partial charge < -0.3 is 10.6 Å². The van der Waals surface area contributed by atoms with E-state index in [0.717, 1.165) is 16.3 Å². The number of nitrogens with one attached hydrogen (secondary N) is 2. The number of anilines is 2. The molecule has 29 heavy (non-hydrogen) atoms. The molecule has 4 nitrogen and oxygen atoms in total. The standard InChI is InChI=1S/C25H20N2O2/c28-24(17-18-7-2-1-3-8-18)26-20-13-15-21(16-14-20)27-25(29)23-12-6-10-19-9-4-5-11-22(19)23/h1-16H,17H2,(H,26,28)(H,27,29). The highest BCUT2D eigenvalue weighted by Gasteiger charge is 2.10. The highest BCUT2D eigenvalue weighted by Crippen LogP contribution is 2.21. The Morgan fingerprint density at radius 2 is 1.24 bits per heavy atom. The molecule has 4 aromatic rings. The van der Waals surface area contributed by atoms with E-state index >= 15 is 0 Å². The monoisotopic (exact) mass is 380 g/mol. The van der Waals surface area contributed by atoms with E-state index in [9.17, 15) is 9.59 Å². The second-order valence-electron chi connectivity index (χ2n) is 6.77. The van der Waals surface area contributed by atoms with Gasteiger partial charge in [-0.2, -0.15) is 0 Å². The topological polar surface area (TPSA) is 58.2 Å². The van der Waals surface area contributed by atoms with Crippen molar-refractivity contribution in [3.8, 4) is 0 Å². The zero-order chi connectivity index (χ0) is 20.1. The van der Waals surface area contributed by atoms with Crippen molar-refractivity contribution in [2.24, 2.45) is 0 Å². The van der Waals surface area contributed by atoms with Gasteiger partial charge >= 0.3 is 0 Å². The molecule has 0 atom stereocenters. The molecule has 0 aliphatic rings. The van der Waals surface area contributed by atoms with Gasteiger partial charge in [0.2, 0.25) is 5.91 Å². The maximum atomic E-state index is 12.7. The van der Waals surface area contributed by atoms with Crippen molar-refractivity contribution in [1.29, 1.82) is 0 Å². The number of rotatable bonds is 5. The van der Waals surface area contributed by atoms with Crippen LogP contribution >= 0.6 is 0 Å². The molecule has 0 bridgehead atoms. The summed E-state index contributed by atoms with van der Waals surface area (Å²) in [6, 6.07) is 30.2. The summed E-state index contributed by atoms with van der Waals surface area (Å²) < 4.78 is 0. The zero-order valence-corrected chi connectivity index (χ0v) is 15.8. The van der Waals surface area contributed by atoms with Gasteiger partial charge in [-0.05, 0) is 46.7 Å². The van der Waals surface area contributed by atoms with Crippen LogP contribution in [0.2, 0.25) is 0 Å². The Morgan fingerprint density at radius 1 is 0.621 bits per heavy atom. The number of fused-ring (bicyclic) bond motifs is 1. The first-order valence-corrected chi connectivity index (χ1v) is 9.42. The van der Waals surface area contributed by atoms with Crippen LogP contribution in [-0.2, 0) is 11.2 Å². The van der Waals surface area contributed by atoms with Crippen LogP contribution in [0.15, 0.2) is 97.1 Å². The van der Waals surface area contributed by atoms with E-state index in [1.54, 1.807) is 24.3 Å². The third kappa shape index (κ3) is 4.50. The minimum atomic E-state index is -0.164. The van der Waals surface area contributed by atoms with Crippen molar-refractivity contribution in [3.63, 3.8) is 0 Å². The molecule has 0 saturated heterocycles. The Kier molecular flexibility index (Phi) is 5.34. The predicted octanol–water partition coefficient (Wildman–Crippen LogP) is 5.27. The van der Waals surface area contributed by atoms with Crippen molar-refractivity contribution in [2.45, 2.75) is 6.42 Å². The molecule has 0 spiro atoms. The van der Waals surface area contributed by atoms with Crippen molar-refractivity contribution >= 4 is 34.0 Å². The van der Waals surface area contributed by atoms with Gasteiger partial charge in [0, 0.05) is 16.9 Å². The summed E-state index contributed by atoms with van der Waals surface area (Å²) in [6.45, 7) is 0. The Labute approximate surface area is 169 Å². The number of carbonyl (C=O) groups excluding carboxylic acids is 2. The lowest BCUT2D eigenvalue weighted by Crippen LogP contribution is -2.15.